The van der Waals surface area contributed by atoms with Crippen LogP contribution in [0.3, 0.4) is 0 Å². The van der Waals surface area contributed by atoms with E-state index in [1.165, 1.54) is 5.56 Å². The number of aliphatic imine (C=N–C) groups is 1. The summed E-state index contributed by atoms with van der Waals surface area (Å²) in [5, 5.41) is 16.3. The van der Waals surface area contributed by atoms with Gasteiger partial charge in [0.15, 0.2) is 5.96 Å². The maximum atomic E-state index is 9.24. The molecule has 152 valence electrons. The molecule has 1 heterocycles. The van der Waals surface area contributed by atoms with Crippen LogP contribution in [0.5, 0.6) is 0 Å². The highest BCUT2D eigenvalue weighted by Gasteiger charge is 2.20. The van der Waals surface area contributed by atoms with Crippen molar-refractivity contribution in [2.24, 2.45) is 10.9 Å². The van der Waals surface area contributed by atoms with Gasteiger partial charge in [0, 0.05) is 45.4 Å². The van der Waals surface area contributed by atoms with Crippen LogP contribution < -0.4 is 10.6 Å². The normalized spacial score (nSPS) is 17.7. The van der Waals surface area contributed by atoms with E-state index >= 15 is 0 Å². The molecule has 0 amide bonds. The highest BCUT2D eigenvalue weighted by Crippen LogP contribution is 2.14. The first-order chi connectivity index (χ1) is 13.2. The summed E-state index contributed by atoms with van der Waals surface area (Å²) in [4.78, 5) is 7.34. The highest BCUT2D eigenvalue weighted by atomic mass is 16.3. The van der Waals surface area contributed by atoms with Crippen molar-refractivity contribution in [1.29, 1.82) is 0 Å². The summed E-state index contributed by atoms with van der Waals surface area (Å²) in [5.41, 5.74) is 1.39. The Hall–Kier alpha value is -1.59. The molecule has 0 aliphatic carbocycles. The van der Waals surface area contributed by atoms with Gasteiger partial charge in [0.25, 0.3) is 0 Å². The number of guanidine groups is 1. The van der Waals surface area contributed by atoms with Crippen LogP contribution in [0.1, 0.15) is 51.5 Å². The maximum absolute atomic E-state index is 9.24. The first-order valence-corrected chi connectivity index (χ1v) is 10.7. The molecule has 0 saturated carbocycles. The average molecular weight is 375 g/mol. The summed E-state index contributed by atoms with van der Waals surface area (Å²) >= 11 is 0. The lowest BCUT2D eigenvalue weighted by molar-refractivity contribution is 0.198. The summed E-state index contributed by atoms with van der Waals surface area (Å²) in [5.74, 6) is 1.40. The van der Waals surface area contributed by atoms with E-state index in [0.717, 1.165) is 70.8 Å². The van der Waals surface area contributed by atoms with E-state index in [9.17, 15) is 5.11 Å². The molecule has 5 heteroatoms. The maximum Gasteiger partial charge on any atom is 0.191 e. The fraction of sp³-hybridized carbons (Fsp3) is 0.682. The molecule has 0 spiro atoms. The number of nitrogens with zero attached hydrogens (tertiary/aromatic N) is 2. The number of likely N-dealkylation sites (tertiary alicyclic amines) is 1. The van der Waals surface area contributed by atoms with Gasteiger partial charge >= 0.3 is 0 Å². The number of piperidine rings is 1. The van der Waals surface area contributed by atoms with E-state index in [1.54, 1.807) is 0 Å². The summed E-state index contributed by atoms with van der Waals surface area (Å²) in [6.45, 7) is 9.50. The minimum Gasteiger partial charge on any atom is -0.396 e. The van der Waals surface area contributed by atoms with Gasteiger partial charge in [-0.15, -0.1) is 0 Å². The van der Waals surface area contributed by atoms with Gasteiger partial charge in [-0.3, -0.25) is 9.89 Å². The third kappa shape index (κ3) is 8.31. The predicted octanol–water partition coefficient (Wildman–Crippen LogP) is 3.00. The van der Waals surface area contributed by atoms with Gasteiger partial charge in [-0.25, -0.2) is 0 Å². The standard InChI is InChI=1S/C22H38N4O/c1-3-8-19(13-16-27)17-24-22(23-4-2)25-21-11-14-26(15-12-21)18-20-9-6-5-7-10-20/h5-7,9-10,19,21,27H,3-4,8,11-18H2,1-2H3,(H2,23,24,25). The van der Waals surface area contributed by atoms with Crippen LogP contribution in [0.2, 0.25) is 0 Å². The van der Waals surface area contributed by atoms with Gasteiger partial charge in [0.1, 0.15) is 0 Å². The van der Waals surface area contributed by atoms with Crippen molar-refractivity contribution in [3.8, 4) is 0 Å². The molecule has 3 N–H and O–H groups in total. The van der Waals surface area contributed by atoms with Crippen molar-refractivity contribution >= 4 is 5.96 Å². The van der Waals surface area contributed by atoms with Crippen LogP contribution in [-0.4, -0.2) is 54.8 Å². The van der Waals surface area contributed by atoms with Crippen LogP contribution in [0.15, 0.2) is 35.3 Å². The number of aliphatic hydroxyl groups excluding tert-OH is 1. The van der Waals surface area contributed by atoms with Crippen LogP contribution in [-0.2, 0) is 6.54 Å². The molecule has 1 unspecified atom stereocenters. The van der Waals surface area contributed by atoms with Gasteiger partial charge in [-0.05, 0) is 44.1 Å². The Balaban J connectivity index is 1.80. The molecule has 1 aliphatic heterocycles. The molecule has 1 aromatic carbocycles. The molecule has 0 bridgehead atoms. The molecule has 1 fully saturated rings. The first-order valence-electron chi connectivity index (χ1n) is 10.7. The molecular weight excluding hydrogens is 336 g/mol. The van der Waals surface area contributed by atoms with Gasteiger partial charge in [0.05, 0.1) is 0 Å². The molecule has 2 rings (SSSR count). The second-order valence-corrected chi connectivity index (χ2v) is 7.57. The Morgan fingerprint density at radius 1 is 1.19 bits per heavy atom. The number of hydrogen-bond donors (Lipinski definition) is 3. The zero-order valence-corrected chi connectivity index (χ0v) is 17.2. The number of benzene rings is 1. The Kier molecular flexibility index (Phi) is 10.2. The third-order valence-corrected chi connectivity index (χ3v) is 5.26. The average Bonchev–Trinajstić information content (AvgIpc) is 2.69. The summed E-state index contributed by atoms with van der Waals surface area (Å²) in [6, 6.07) is 11.2. The van der Waals surface area contributed by atoms with Crippen LogP contribution in [0.4, 0.5) is 0 Å². The SMILES string of the molecule is CCCC(CCO)CN=C(NCC)NC1CCN(Cc2ccccc2)CC1. The Morgan fingerprint density at radius 3 is 2.56 bits per heavy atom. The van der Waals surface area contributed by atoms with Gasteiger partial charge < -0.3 is 15.7 Å². The highest BCUT2D eigenvalue weighted by molar-refractivity contribution is 5.80. The molecule has 1 atom stereocenters. The van der Waals surface area contributed by atoms with Crippen molar-refractivity contribution in [2.45, 2.75) is 58.5 Å². The first kappa shape index (κ1) is 21.7. The summed E-state index contributed by atoms with van der Waals surface area (Å²) in [6.07, 6.45) is 5.40. The van der Waals surface area contributed by atoms with E-state index < -0.39 is 0 Å². The van der Waals surface area contributed by atoms with Gasteiger partial charge in [-0.2, -0.15) is 0 Å². The third-order valence-electron chi connectivity index (χ3n) is 5.26. The smallest absolute Gasteiger partial charge is 0.191 e. The van der Waals surface area contributed by atoms with E-state index in [4.69, 9.17) is 4.99 Å². The molecule has 1 aromatic rings. The quantitative estimate of drug-likeness (QED) is 0.435. The van der Waals surface area contributed by atoms with Crippen LogP contribution >= 0.6 is 0 Å². The second kappa shape index (κ2) is 12.7. The van der Waals surface area contributed by atoms with Crippen molar-refractivity contribution < 1.29 is 5.11 Å². The number of rotatable bonds is 10. The molecule has 0 radical (unpaired) electrons. The molecule has 5 nitrogen and oxygen atoms in total. The lowest BCUT2D eigenvalue weighted by Crippen LogP contribution is -2.48. The number of aliphatic hydroxyl groups is 1. The Bertz CT molecular complexity index is 520. The number of nitrogens with one attached hydrogen (secondary N) is 2. The summed E-state index contributed by atoms with van der Waals surface area (Å²) in [7, 11) is 0. The molecule has 1 saturated heterocycles. The lowest BCUT2D eigenvalue weighted by Gasteiger charge is -2.33. The predicted molar refractivity (Wildman–Crippen MR) is 114 cm³/mol. The topological polar surface area (TPSA) is 59.9 Å². The van der Waals surface area contributed by atoms with Crippen molar-refractivity contribution in [3.63, 3.8) is 0 Å². The monoisotopic (exact) mass is 374 g/mol. The van der Waals surface area contributed by atoms with E-state index in [-0.39, 0.29) is 6.61 Å². The zero-order valence-electron chi connectivity index (χ0n) is 17.2. The van der Waals surface area contributed by atoms with E-state index in [1.807, 2.05) is 0 Å². The molecule has 1 aliphatic rings. The van der Waals surface area contributed by atoms with E-state index in [2.05, 4.69) is 59.7 Å². The minimum atomic E-state index is 0.254. The fourth-order valence-electron chi connectivity index (χ4n) is 3.73. The van der Waals surface area contributed by atoms with Crippen LogP contribution in [0, 0.1) is 5.92 Å². The minimum absolute atomic E-state index is 0.254. The van der Waals surface area contributed by atoms with Crippen molar-refractivity contribution in [3.05, 3.63) is 35.9 Å². The van der Waals surface area contributed by atoms with Gasteiger partial charge in [0.2, 0.25) is 0 Å². The van der Waals surface area contributed by atoms with Gasteiger partial charge in [-0.1, -0.05) is 43.7 Å². The number of hydrogen-bond acceptors (Lipinski definition) is 3. The lowest BCUT2D eigenvalue weighted by atomic mass is 10.0. The van der Waals surface area contributed by atoms with Crippen molar-refractivity contribution in [2.75, 3.05) is 32.8 Å². The summed E-state index contributed by atoms with van der Waals surface area (Å²) < 4.78 is 0. The molecular formula is C22H38N4O. The second-order valence-electron chi connectivity index (χ2n) is 7.57. The van der Waals surface area contributed by atoms with Crippen LogP contribution in [0.25, 0.3) is 0 Å². The Morgan fingerprint density at radius 2 is 1.93 bits per heavy atom. The fourth-order valence-corrected chi connectivity index (χ4v) is 3.73. The zero-order chi connectivity index (χ0) is 19.3. The van der Waals surface area contributed by atoms with Crippen molar-refractivity contribution in [1.82, 2.24) is 15.5 Å². The molecule has 27 heavy (non-hydrogen) atoms. The van der Waals surface area contributed by atoms with E-state index in [0.29, 0.717) is 12.0 Å². The Labute approximate surface area is 165 Å². The molecule has 0 aromatic heterocycles. The largest absolute Gasteiger partial charge is 0.396 e.